The smallest absolute Gasteiger partial charge is 0.374 e. The van der Waals surface area contributed by atoms with Crippen molar-refractivity contribution in [3.8, 4) is 0 Å². The van der Waals surface area contributed by atoms with Crippen molar-refractivity contribution < 1.29 is 28.7 Å². The maximum Gasteiger partial charge on any atom is 0.374 e. The Hall–Kier alpha value is -1.72. The summed E-state index contributed by atoms with van der Waals surface area (Å²) in [5, 5.41) is 0. The van der Waals surface area contributed by atoms with Crippen molar-refractivity contribution >= 4 is 23.5 Å². The molecule has 0 unspecified atom stereocenters. The zero-order chi connectivity index (χ0) is 15.4. The maximum atomic E-state index is 11.3. The van der Waals surface area contributed by atoms with Gasteiger partial charge >= 0.3 is 11.9 Å². The summed E-state index contributed by atoms with van der Waals surface area (Å²) in [4.78, 5) is 45.1. The van der Waals surface area contributed by atoms with Gasteiger partial charge in [0.05, 0.1) is 13.2 Å². The largest absolute Gasteiger partial charge is 0.460 e. The van der Waals surface area contributed by atoms with Gasteiger partial charge in [-0.25, -0.2) is 9.59 Å². The number of carbonyl (C=O) groups is 4. The van der Waals surface area contributed by atoms with Gasteiger partial charge in [0.15, 0.2) is 0 Å². The van der Waals surface area contributed by atoms with Crippen LogP contribution in [0.1, 0.15) is 52.4 Å². The van der Waals surface area contributed by atoms with Crippen LogP contribution in [0.3, 0.4) is 0 Å². The van der Waals surface area contributed by atoms with Gasteiger partial charge in [-0.2, -0.15) is 0 Å². The van der Waals surface area contributed by atoms with E-state index in [1.54, 1.807) is 0 Å². The second-order valence-electron chi connectivity index (χ2n) is 4.33. The summed E-state index contributed by atoms with van der Waals surface area (Å²) in [5.74, 6) is -3.50. The average Bonchev–Trinajstić information content (AvgIpc) is 2.44. The summed E-state index contributed by atoms with van der Waals surface area (Å²) in [6, 6.07) is 0. The van der Waals surface area contributed by atoms with E-state index in [0.29, 0.717) is 12.8 Å². The van der Waals surface area contributed by atoms with Crippen LogP contribution < -0.4 is 0 Å². The highest BCUT2D eigenvalue weighted by Crippen LogP contribution is 1.99. The molecule has 0 aromatic heterocycles. The van der Waals surface area contributed by atoms with Crippen molar-refractivity contribution in [3.05, 3.63) is 0 Å². The number of hydrogen-bond acceptors (Lipinski definition) is 6. The molecular weight excluding hydrogens is 264 g/mol. The molecule has 6 nitrogen and oxygen atoms in total. The minimum atomic E-state index is -0.953. The standard InChI is InChI=1S/C14H22O6/c1-3-5-9-19-13(17)11(15)7-8-12(16)14(18)20-10-6-4-2/h3-10H2,1-2H3. The van der Waals surface area contributed by atoms with Gasteiger partial charge in [-0.1, -0.05) is 26.7 Å². The first kappa shape index (κ1) is 18.3. The van der Waals surface area contributed by atoms with E-state index >= 15 is 0 Å². The van der Waals surface area contributed by atoms with Crippen molar-refractivity contribution in [2.45, 2.75) is 52.4 Å². The van der Waals surface area contributed by atoms with Crippen LogP contribution in [-0.2, 0) is 28.7 Å². The van der Waals surface area contributed by atoms with Gasteiger partial charge in [0.25, 0.3) is 0 Å². The first-order valence-corrected chi connectivity index (χ1v) is 6.92. The number of ether oxygens (including phenoxy) is 2. The van der Waals surface area contributed by atoms with Crippen molar-refractivity contribution in [2.24, 2.45) is 0 Å². The zero-order valence-electron chi connectivity index (χ0n) is 12.1. The van der Waals surface area contributed by atoms with Crippen LogP contribution in [0.15, 0.2) is 0 Å². The van der Waals surface area contributed by atoms with Crippen molar-refractivity contribution in [2.75, 3.05) is 13.2 Å². The fourth-order valence-electron chi connectivity index (χ4n) is 1.21. The van der Waals surface area contributed by atoms with E-state index in [9.17, 15) is 19.2 Å². The number of esters is 2. The van der Waals surface area contributed by atoms with E-state index < -0.39 is 23.5 Å². The van der Waals surface area contributed by atoms with Crippen LogP contribution in [0.2, 0.25) is 0 Å². The Labute approximate surface area is 118 Å². The van der Waals surface area contributed by atoms with Crippen LogP contribution in [0.5, 0.6) is 0 Å². The topological polar surface area (TPSA) is 86.7 Å². The molecule has 0 spiro atoms. The van der Waals surface area contributed by atoms with E-state index in [0.717, 1.165) is 12.8 Å². The normalized spacial score (nSPS) is 9.90. The Morgan fingerprint density at radius 1 is 0.700 bits per heavy atom. The molecule has 0 aliphatic carbocycles. The Morgan fingerprint density at radius 3 is 1.35 bits per heavy atom. The highest BCUT2D eigenvalue weighted by molar-refractivity contribution is 6.37. The lowest BCUT2D eigenvalue weighted by Gasteiger charge is -2.03. The predicted molar refractivity (Wildman–Crippen MR) is 71.0 cm³/mol. The summed E-state index contributed by atoms with van der Waals surface area (Å²) < 4.78 is 9.40. The summed E-state index contributed by atoms with van der Waals surface area (Å²) in [5.41, 5.74) is 0. The molecule has 0 N–H and O–H groups in total. The number of Topliss-reactive ketones (excluding diaryl/α,β-unsaturated/α-hetero) is 2. The molecule has 0 aromatic rings. The quantitative estimate of drug-likeness (QED) is 0.326. The monoisotopic (exact) mass is 286 g/mol. The SMILES string of the molecule is CCCCOC(=O)C(=O)CCC(=O)C(=O)OCCCC. The summed E-state index contributed by atoms with van der Waals surface area (Å²) in [6.07, 6.45) is 2.41. The summed E-state index contributed by atoms with van der Waals surface area (Å²) >= 11 is 0. The Morgan fingerprint density at radius 2 is 1.05 bits per heavy atom. The van der Waals surface area contributed by atoms with E-state index in [1.165, 1.54) is 0 Å². The Kier molecular flexibility index (Phi) is 10.2. The minimum Gasteiger partial charge on any atom is -0.460 e. The first-order valence-electron chi connectivity index (χ1n) is 6.92. The lowest BCUT2D eigenvalue weighted by molar-refractivity contribution is -0.156. The van der Waals surface area contributed by atoms with Crippen LogP contribution in [0.4, 0.5) is 0 Å². The number of unbranched alkanes of at least 4 members (excludes halogenated alkanes) is 2. The molecule has 0 bridgehead atoms. The molecule has 0 rings (SSSR count). The molecule has 0 aliphatic rings. The molecule has 0 saturated carbocycles. The number of rotatable bonds is 11. The van der Waals surface area contributed by atoms with Gasteiger partial charge in [-0.05, 0) is 12.8 Å². The minimum absolute atomic E-state index is 0.189. The van der Waals surface area contributed by atoms with E-state index in [-0.39, 0.29) is 26.1 Å². The average molecular weight is 286 g/mol. The third-order valence-corrected chi connectivity index (χ3v) is 2.50. The summed E-state index contributed by atoms with van der Waals surface area (Å²) in [6.45, 7) is 4.24. The van der Waals surface area contributed by atoms with Crippen LogP contribution >= 0.6 is 0 Å². The van der Waals surface area contributed by atoms with Crippen molar-refractivity contribution in [1.82, 2.24) is 0 Å². The zero-order valence-corrected chi connectivity index (χ0v) is 12.1. The van der Waals surface area contributed by atoms with Crippen LogP contribution in [-0.4, -0.2) is 36.7 Å². The summed E-state index contributed by atoms with van der Waals surface area (Å²) in [7, 11) is 0. The molecule has 0 fully saturated rings. The molecule has 114 valence electrons. The van der Waals surface area contributed by atoms with Crippen LogP contribution in [0.25, 0.3) is 0 Å². The van der Waals surface area contributed by atoms with Gasteiger partial charge in [-0.3, -0.25) is 9.59 Å². The number of carbonyl (C=O) groups excluding carboxylic acids is 4. The van der Waals surface area contributed by atoms with E-state index in [1.807, 2.05) is 13.8 Å². The van der Waals surface area contributed by atoms with Gasteiger partial charge < -0.3 is 9.47 Å². The van der Waals surface area contributed by atoms with Gasteiger partial charge in [0, 0.05) is 12.8 Å². The molecule has 0 saturated heterocycles. The van der Waals surface area contributed by atoms with E-state index in [2.05, 4.69) is 0 Å². The number of ketones is 2. The lowest BCUT2D eigenvalue weighted by atomic mass is 10.1. The lowest BCUT2D eigenvalue weighted by Crippen LogP contribution is -2.22. The molecule has 0 amide bonds. The maximum absolute atomic E-state index is 11.3. The molecule has 6 heteroatoms. The Balaban J connectivity index is 3.89. The molecule has 0 radical (unpaired) electrons. The number of hydrogen-bond donors (Lipinski definition) is 0. The van der Waals surface area contributed by atoms with Crippen LogP contribution in [0, 0.1) is 0 Å². The van der Waals surface area contributed by atoms with Crippen molar-refractivity contribution in [1.29, 1.82) is 0 Å². The Bertz CT molecular complexity index is 314. The highest BCUT2D eigenvalue weighted by Gasteiger charge is 2.20. The molecular formula is C14H22O6. The van der Waals surface area contributed by atoms with Gasteiger partial charge in [0.2, 0.25) is 11.6 Å². The molecule has 0 atom stereocenters. The molecule has 0 aliphatic heterocycles. The molecule has 0 heterocycles. The third-order valence-electron chi connectivity index (χ3n) is 2.50. The fraction of sp³-hybridized carbons (Fsp3) is 0.714. The first-order chi connectivity index (χ1) is 9.52. The fourth-order valence-corrected chi connectivity index (χ4v) is 1.21. The molecule has 0 aromatic carbocycles. The van der Waals surface area contributed by atoms with Gasteiger partial charge in [0.1, 0.15) is 0 Å². The van der Waals surface area contributed by atoms with Gasteiger partial charge in [-0.15, -0.1) is 0 Å². The molecule has 20 heavy (non-hydrogen) atoms. The highest BCUT2D eigenvalue weighted by atomic mass is 16.5. The van der Waals surface area contributed by atoms with Crippen molar-refractivity contribution in [3.63, 3.8) is 0 Å². The predicted octanol–water partition coefficient (Wildman–Crippen LogP) is 1.59. The van der Waals surface area contributed by atoms with E-state index in [4.69, 9.17) is 9.47 Å². The second kappa shape index (κ2) is 11.1. The second-order valence-corrected chi connectivity index (χ2v) is 4.33. The third kappa shape index (κ3) is 8.39.